The molecule has 1 aromatic heterocycles. The Labute approximate surface area is 106 Å². The van der Waals surface area contributed by atoms with Gasteiger partial charge in [-0.2, -0.15) is 0 Å². The van der Waals surface area contributed by atoms with Crippen LogP contribution in [0.4, 0.5) is 10.5 Å². The predicted octanol–water partition coefficient (Wildman–Crippen LogP) is 1.72. The average Bonchev–Trinajstić information content (AvgIpc) is 2.31. The van der Waals surface area contributed by atoms with Crippen LogP contribution in [0.3, 0.4) is 0 Å². The number of carboxylic acid groups (broad SMARTS) is 1. The SMILES string of the molecule is CCCN(CC(=O)O)C(=O)Nc1ccc(C)nc1. The van der Waals surface area contributed by atoms with E-state index in [1.807, 2.05) is 13.8 Å². The third-order valence-corrected chi connectivity index (χ3v) is 2.27. The molecule has 1 heterocycles. The van der Waals surface area contributed by atoms with Gasteiger partial charge in [-0.05, 0) is 25.5 Å². The number of urea groups is 1. The molecule has 2 amide bonds. The molecular weight excluding hydrogens is 234 g/mol. The topological polar surface area (TPSA) is 82.5 Å². The summed E-state index contributed by atoms with van der Waals surface area (Å²) in [6.07, 6.45) is 2.24. The van der Waals surface area contributed by atoms with Crippen LogP contribution >= 0.6 is 0 Å². The Hall–Kier alpha value is -2.11. The maximum atomic E-state index is 11.8. The molecule has 0 aromatic carbocycles. The number of rotatable bonds is 5. The molecule has 0 aliphatic rings. The summed E-state index contributed by atoms with van der Waals surface area (Å²) in [5.41, 5.74) is 1.40. The third kappa shape index (κ3) is 4.40. The fourth-order valence-corrected chi connectivity index (χ4v) is 1.43. The molecule has 0 unspecified atom stereocenters. The Balaban J connectivity index is 2.65. The molecule has 0 atom stereocenters. The smallest absolute Gasteiger partial charge is 0.323 e. The summed E-state index contributed by atoms with van der Waals surface area (Å²) in [7, 11) is 0. The lowest BCUT2D eigenvalue weighted by Gasteiger charge is -2.20. The monoisotopic (exact) mass is 251 g/mol. The van der Waals surface area contributed by atoms with Crippen LogP contribution in [0.2, 0.25) is 0 Å². The van der Waals surface area contributed by atoms with Crippen molar-refractivity contribution in [3.8, 4) is 0 Å². The van der Waals surface area contributed by atoms with E-state index in [2.05, 4.69) is 10.3 Å². The van der Waals surface area contributed by atoms with Crippen molar-refractivity contribution in [2.24, 2.45) is 0 Å². The van der Waals surface area contributed by atoms with Gasteiger partial charge in [-0.1, -0.05) is 6.92 Å². The zero-order valence-corrected chi connectivity index (χ0v) is 10.5. The van der Waals surface area contributed by atoms with Gasteiger partial charge in [0.05, 0.1) is 11.9 Å². The van der Waals surface area contributed by atoms with Gasteiger partial charge in [0.15, 0.2) is 0 Å². The molecule has 18 heavy (non-hydrogen) atoms. The number of hydrogen-bond donors (Lipinski definition) is 2. The summed E-state index contributed by atoms with van der Waals surface area (Å²) in [4.78, 5) is 27.8. The molecule has 6 nitrogen and oxygen atoms in total. The van der Waals surface area contributed by atoms with Crippen molar-refractivity contribution in [1.29, 1.82) is 0 Å². The van der Waals surface area contributed by atoms with Gasteiger partial charge < -0.3 is 15.3 Å². The minimum atomic E-state index is -1.03. The van der Waals surface area contributed by atoms with Crippen LogP contribution in [0, 0.1) is 6.92 Å². The zero-order valence-electron chi connectivity index (χ0n) is 10.5. The van der Waals surface area contributed by atoms with Crippen molar-refractivity contribution in [1.82, 2.24) is 9.88 Å². The molecule has 0 aliphatic heterocycles. The average molecular weight is 251 g/mol. The molecule has 0 aliphatic carbocycles. The molecule has 2 N–H and O–H groups in total. The molecule has 0 bridgehead atoms. The molecule has 6 heteroatoms. The molecule has 0 fully saturated rings. The number of carbonyl (C=O) groups excluding carboxylic acids is 1. The minimum Gasteiger partial charge on any atom is -0.480 e. The number of aliphatic carboxylic acids is 1. The first kappa shape index (κ1) is 14.0. The lowest BCUT2D eigenvalue weighted by atomic mass is 10.3. The van der Waals surface area contributed by atoms with E-state index in [1.165, 1.54) is 11.1 Å². The molecule has 1 rings (SSSR count). The number of anilines is 1. The molecule has 98 valence electrons. The maximum absolute atomic E-state index is 11.8. The van der Waals surface area contributed by atoms with E-state index in [9.17, 15) is 9.59 Å². The first-order valence-corrected chi connectivity index (χ1v) is 5.73. The second-order valence-corrected chi connectivity index (χ2v) is 3.93. The van der Waals surface area contributed by atoms with Crippen molar-refractivity contribution in [3.63, 3.8) is 0 Å². The number of nitrogens with zero attached hydrogens (tertiary/aromatic N) is 2. The summed E-state index contributed by atoms with van der Waals surface area (Å²) in [6.45, 7) is 3.82. The Morgan fingerprint density at radius 1 is 1.44 bits per heavy atom. The van der Waals surface area contributed by atoms with Gasteiger partial charge in [-0.25, -0.2) is 4.79 Å². The van der Waals surface area contributed by atoms with Gasteiger partial charge in [-0.15, -0.1) is 0 Å². The van der Waals surface area contributed by atoms with Gasteiger partial charge in [0.2, 0.25) is 0 Å². The number of carbonyl (C=O) groups is 2. The maximum Gasteiger partial charge on any atom is 0.323 e. The second kappa shape index (κ2) is 6.58. The third-order valence-electron chi connectivity index (χ3n) is 2.27. The molecule has 0 saturated carbocycles. The molecule has 1 aromatic rings. The first-order chi connectivity index (χ1) is 8.52. The van der Waals surface area contributed by atoms with Crippen molar-refractivity contribution >= 4 is 17.7 Å². The number of aryl methyl sites for hydroxylation is 1. The number of hydrogen-bond acceptors (Lipinski definition) is 3. The normalized spacial score (nSPS) is 9.89. The van der Waals surface area contributed by atoms with Gasteiger partial charge in [-0.3, -0.25) is 9.78 Å². The van der Waals surface area contributed by atoms with Gasteiger partial charge >= 0.3 is 12.0 Å². The number of nitrogens with one attached hydrogen (secondary N) is 1. The summed E-state index contributed by atoms with van der Waals surface area (Å²) < 4.78 is 0. The van der Waals surface area contributed by atoms with Gasteiger partial charge in [0, 0.05) is 12.2 Å². The lowest BCUT2D eigenvalue weighted by molar-refractivity contribution is -0.137. The van der Waals surface area contributed by atoms with Crippen LogP contribution in [0.1, 0.15) is 19.0 Å². The van der Waals surface area contributed by atoms with E-state index < -0.39 is 12.0 Å². The van der Waals surface area contributed by atoms with Crippen LogP contribution < -0.4 is 5.32 Å². The Bertz CT molecular complexity index is 417. The van der Waals surface area contributed by atoms with Crippen LogP contribution in [-0.4, -0.2) is 40.1 Å². The van der Waals surface area contributed by atoms with Crippen molar-refractivity contribution in [2.75, 3.05) is 18.4 Å². The van der Waals surface area contributed by atoms with E-state index in [0.717, 1.165) is 5.69 Å². The van der Waals surface area contributed by atoms with Crippen LogP contribution in [0.25, 0.3) is 0 Å². The van der Waals surface area contributed by atoms with E-state index >= 15 is 0 Å². The van der Waals surface area contributed by atoms with Crippen LogP contribution in [0.15, 0.2) is 18.3 Å². The largest absolute Gasteiger partial charge is 0.480 e. The van der Waals surface area contributed by atoms with E-state index in [-0.39, 0.29) is 6.54 Å². The first-order valence-electron chi connectivity index (χ1n) is 5.73. The van der Waals surface area contributed by atoms with Gasteiger partial charge in [0.25, 0.3) is 0 Å². The standard InChI is InChI=1S/C12H17N3O3/c1-3-6-15(8-11(16)17)12(18)14-10-5-4-9(2)13-7-10/h4-5,7H,3,6,8H2,1-2H3,(H,14,18)(H,16,17). The summed E-state index contributed by atoms with van der Waals surface area (Å²) in [5, 5.41) is 11.3. The quantitative estimate of drug-likeness (QED) is 0.834. The highest BCUT2D eigenvalue weighted by atomic mass is 16.4. The number of aromatic nitrogens is 1. The number of amides is 2. The highest BCUT2D eigenvalue weighted by Gasteiger charge is 2.15. The fraction of sp³-hybridized carbons (Fsp3) is 0.417. The minimum absolute atomic E-state index is 0.307. The van der Waals surface area contributed by atoms with Crippen LogP contribution in [0.5, 0.6) is 0 Å². The Morgan fingerprint density at radius 2 is 2.17 bits per heavy atom. The van der Waals surface area contributed by atoms with Crippen molar-refractivity contribution < 1.29 is 14.7 Å². The molecular formula is C12H17N3O3. The molecule has 0 spiro atoms. The highest BCUT2D eigenvalue weighted by Crippen LogP contribution is 2.07. The number of pyridine rings is 1. The van der Waals surface area contributed by atoms with Crippen molar-refractivity contribution in [3.05, 3.63) is 24.0 Å². The summed E-state index contributed by atoms with van der Waals surface area (Å²) >= 11 is 0. The van der Waals surface area contributed by atoms with Crippen LogP contribution in [-0.2, 0) is 4.79 Å². The fourth-order valence-electron chi connectivity index (χ4n) is 1.43. The van der Waals surface area contributed by atoms with E-state index in [1.54, 1.807) is 12.1 Å². The number of carboxylic acids is 1. The summed E-state index contributed by atoms with van der Waals surface area (Å²) in [5.74, 6) is -1.03. The van der Waals surface area contributed by atoms with E-state index in [0.29, 0.717) is 18.7 Å². The predicted molar refractivity (Wildman–Crippen MR) is 67.5 cm³/mol. The lowest BCUT2D eigenvalue weighted by Crippen LogP contribution is -2.39. The zero-order chi connectivity index (χ0) is 13.5. The van der Waals surface area contributed by atoms with E-state index in [4.69, 9.17) is 5.11 Å². The molecule has 0 radical (unpaired) electrons. The molecule has 0 saturated heterocycles. The highest BCUT2D eigenvalue weighted by molar-refractivity contribution is 5.91. The second-order valence-electron chi connectivity index (χ2n) is 3.93. The Morgan fingerprint density at radius 3 is 2.67 bits per heavy atom. The Kier molecular flexibility index (Phi) is 5.10. The summed E-state index contributed by atoms with van der Waals surface area (Å²) in [6, 6.07) is 3.08. The van der Waals surface area contributed by atoms with Crippen molar-refractivity contribution in [2.45, 2.75) is 20.3 Å². The van der Waals surface area contributed by atoms with Gasteiger partial charge in [0.1, 0.15) is 6.54 Å².